The summed E-state index contributed by atoms with van der Waals surface area (Å²) < 4.78 is 4.83. The maximum absolute atomic E-state index is 4.83. The molecule has 0 saturated carbocycles. The zero-order valence-corrected chi connectivity index (χ0v) is 16.8. The SMILES string of the molecule is CCOCC.c1cc2ccc3ccc4ccc5ccc6ccc1c1c2c3c4c5c61. The molecule has 0 aliphatic carbocycles. The Kier molecular flexibility index (Phi) is 3.57. The van der Waals surface area contributed by atoms with Gasteiger partial charge >= 0.3 is 0 Å². The molecular formula is C28H22O. The van der Waals surface area contributed by atoms with E-state index in [4.69, 9.17) is 4.74 Å². The first kappa shape index (κ1) is 16.8. The minimum Gasteiger partial charge on any atom is -0.382 e. The Bertz CT molecular complexity index is 1200. The Labute approximate surface area is 169 Å². The van der Waals surface area contributed by atoms with Gasteiger partial charge in [0.15, 0.2) is 0 Å². The average molecular weight is 374 g/mol. The second kappa shape index (κ2) is 6.17. The summed E-state index contributed by atoms with van der Waals surface area (Å²) in [5.74, 6) is 0. The predicted octanol–water partition coefficient (Wildman–Crippen LogP) is 7.96. The van der Waals surface area contributed by atoms with E-state index in [1.807, 2.05) is 13.8 Å². The molecule has 1 heteroatoms. The van der Waals surface area contributed by atoms with E-state index in [-0.39, 0.29) is 0 Å². The minimum absolute atomic E-state index is 0.844. The zero-order chi connectivity index (χ0) is 19.5. The van der Waals surface area contributed by atoms with Gasteiger partial charge in [0, 0.05) is 13.2 Å². The van der Waals surface area contributed by atoms with Gasteiger partial charge in [0.25, 0.3) is 0 Å². The summed E-state index contributed by atoms with van der Waals surface area (Å²) in [4.78, 5) is 0. The van der Waals surface area contributed by atoms with Gasteiger partial charge in [-0.2, -0.15) is 0 Å². The van der Waals surface area contributed by atoms with Crippen LogP contribution in [-0.4, -0.2) is 13.2 Å². The van der Waals surface area contributed by atoms with E-state index < -0.39 is 0 Å². The van der Waals surface area contributed by atoms with Crippen molar-refractivity contribution in [3.8, 4) is 0 Å². The van der Waals surface area contributed by atoms with Crippen LogP contribution < -0.4 is 0 Å². The lowest BCUT2D eigenvalue weighted by molar-refractivity contribution is 0.162. The second-order valence-corrected chi connectivity index (χ2v) is 7.76. The third-order valence-corrected chi connectivity index (χ3v) is 6.29. The molecule has 7 rings (SSSR count). The highest BCUT2D eigenvalue weighted by atomic mass is 16.5. The van der Waals surface area contributed by atoms with Crippen molar-refractivity contribution in [2.75, 3.05) is 13.2 Å². The third kappa shape index (κ3) is 2.19. The summed E-state index contributed by atoms with van der Waals surface area (Å²) in [6.07, 6.45) is 0. The first-order valence-corrected chi connectivity index (χ1v) is 10.5. The number of benzene rings is 7. The lowest BCUT2D eigenvalue weighted by atomic mass is 9.83. The molecule has 0 amide bonds. The molecule has 7 aromatic rings. The lowest BCUT2D eigenvalue weighted by Gasteiger charge is -2.20. The van der Waals surface area contributed by atoms with Crippen LogP contribution in [0.5, 0.6) is 0 Å². The molecule has 0 atom stereocenters. The van der Waals surface area contributed by atoms with Crippen LogP contribution in [0.4, 0.5) is 0 Å². The number of rotatable bonds is 2. The molecule has 29 heavy (non-hydrogen) atoms. The summed E-state index contributed by atoms with van der Waals surface area (Å²) in [7, 11) is 0. The first-order valence-electron chi connectivity index (χ1n) is 10.5. The molecule has 0 unspecified atom stereocenters. The molecule has 0 N–H and O–H groups in total. The number of hydrogen-bond donors (Lipinski definition) is 0. The van der Waals surface area contributed by atoms with Crippen molar-refractivity contribution in [2.24, 2.45) is 0 Å². The van der Waals surface area contributed by atoms with E-state index in [2.05, 4.69) is 72.8 Å². The summed E-state index contributed by atoms with van der Waals surface area (Å²) in [5, 5.41) is 16.7. The van der Waals surface area contributed by atoms with Crippen molar-refractivity contribution in [3.05, 3.63) is 72.8 Å². The van der Waals surface area contributed by atoms with E-state index in [1.54, 1.807) is 0 Å². The zero-order valence-electron chi connectivity index (χ0n) is 16.8. The summed E-state index contributed by atoms with van der Waals surface area (Å²) in [6, 6.07) is 27.3. The van der Waals surface area contributed by atoms with Crippen molar-refractivity contribution >= 4 is 64.6 Å². The largest absolute Gasteiger partial charge is 0.382 e. The van der Waals surface area contributed by atoms with E-state index >= 15 is 0 Å². The van der Waals surface area contributed by atoms with Gasteiger partial charge in [-0.1, -0.05) is 72.8 Å². The van der Waals surface area contributed by atoms with Crippen LogP contribution in [-0.2, 0) is 4.74 Å². The van der Waals surface area contributed by atoms with Crippen LogP contribution in [0.25, 0.3) is 64.6 Å². The van der Waals surface area contributed by atoms with Gasteiger partial charge in [-0.05, 0) is 78.5 Å². The standard InChI is InChI=1S/C24H12.C4H10O/c1-2-14-5-6-16-9-11-18-12-10-17-8-7-15-4-3-13(1)19-20(14)22(16)24(18)23(17)21(15)19;1-3-5-4-2/h1-12H;3-4H2,1-2H3. The Morgan fingerprint density at radius 2 is 0.552 bits per heavy atom. The minimum atomic E-state index is 0.844. The van der Waals surface area contributed by atoms with Gasteiger partial charge in [0.05, 0.1) is 0 Å². The number of ether oxygens (including phenoxy) is 1. The van der Waals surface area contributed by atoms with Crippen LogP contribution in [0.3, 0.4) is 0 Å². The van der Waals surface area contributed by atoms with Crippen LogP contribution in [0, 0.1) is 0 Å². The van der Waals surface area contributed by atoms with Gasteiger partial charge in [0.2, 0.25) is 0 Å². The Balaban J connectivity index is 0.000000300. The Morgan fingerprint density at radius 1 is 0.379 bits per heavy atom. The van der Waals surface area contributed by atoms with Crippen LogP contribution in [0.15, 0.2) is 72.8 Å². The molecule has 7 aromatic carbocycles. The molecule has 0 radical (unpaired) electrons. The molecular weight excluding hydrogens is 352 g/mol. The van der Waals surface area contributed by atoms with E-state index in [1.165, 1.54) is 64.6 Å². The van der Waals surface area contributed by atoms with Crippen LogP contribution >= 0.6 is 0 Å². The van der Waals surface area contributed by atoms with Gasteiger partial charge in [-0.3, -0.25) is 0 Å². The summed E-state index contributed by atoms with van der Waals surface area (Å²) >= 11 is 0. The quantitative estimate of drug-likeness (QED) is 0.220. The second-order valence-electron chi connectivity index (χ2n) is 7.76. The predicted molar refractivity (Wildman–Crippen MR) is 127 cm³/mol. The van der Waals surface area contributed by atoms with Crippen molar-refractivity contribution in [1.82, 2.24) is 0 Å². The van der Waals surface area contributed by atoms with Crippen molar-refractivity contribution < 1.29 is 4.74 Å². The molecule has 0 aliphatic rings. The normalized spacial score (nSPS) is 12.2. The maximum Gasteiger partial charge on any atom is 0.0437 e. The van der Waals surface area contributed by atoms with E-state index in [0.717, 1.165) is 13.2 Å². The lowest BCUT2D eigenvalue weighted by Crippen LogP contribution is -1.91. The first-order chi connectivity index (χ1) is 14.3. The molecule has 0 fully saturated rings. The smallest absolute Gasteiger partial charge is 0.0437 e. The van der Waals surface area contributed by atoms with Crippen molar-refractivity contribution in [1.29, 1.82) is 0 Å². The topological polar surface area (TPSA) is 9.23 Å². The summed E-state index contributed by atoms with van der Waals surface area (Å²) in [5.41, 5.74) is 0. The fraction of sp³-hybridized carbons (Fsp3) is 0.143. The van der Waals surface area contributed by atoms with Crippen molar-refractivity contribution in [2.45, 2.75) is 13.8 Å². The fourth-order valence-corrected chi connectivity index (χ4v) is 5.10. The molecule has 0 saturated heterocycles. The van der Waals surface area contributed by atoms with Crippen molar-refractivity contribution in [3.63, 3.8) is 0 Å². The highest BCUT2D eigenvalue weighted by Crippen LogP contribution is 2.47. The fourth-order valence-electron chi connectivity index (χ4n) is 5.10. The van der Waals surface area contributed by atoms with Gasteiger partial charge < -0.3 is 4.74 Å². The highest BCUT2D eigenvalue weighted by molar-refractivity contribution is 6.44. The molecule has 0 aliphatic heterocycles. The number of hydrogen-bond acceptors (Lipinski definition) is 1. The van der Waals surface area contributed by atoms with Crippen LogP contribution in [0.2, 0.25) is 0 Å². The third-order valence-electron chi connectivity index (χ3n) is 6.29. The monoisotopic (exact) mass is 374 g/mol. The van der Waals surface area contributed by atoms with Gasteiger partial charge in [-0.25, -0.2) is 0 Å². The van der Waals surface area contributed by atoms with E-state index in [9.17, 15) is 0 Å². The maximum atomic E-state index is 4.83. The van der Waals surface area contributed by atoms with Crippen LogP contribution in [0.1, 0.15) is 13.8 Å². The molecule has 1 nitrogen and oxygen atoms in total. The van der Waals surface area contributed by atoms with Gasteiger partial charge in [-0.15, -0.1) is 0 Å². The Hall–Kier alpha value is -3.16. The molecule has 0 aromatic heterocycles. The molecule has 0 spiro atoms. The highest BCUT2D eigenvalue weighted by Gasteiger charge is 2.19. The molecule has 0 bridgehead atoms. The Morgan fingerprint density at radius 3 is 0.655 bits per heavy atom. The molecule has 0 heterocycles. The van der Waals surface area contributed by atoms with E-state index in [0.29, 0.717) is 0 Å². The van der Waals surface area contributed by atoms with Gasteiger partial charge in [0.1, 0.15) is 0 Å². The molecule has 140 valence electrons. The average Bonchev–Trinajstić information content (AvgIpc) is 2.78. The summed E-state index contributed by atoms with van der Waals surface area (Å²) in [6.45, 7) is 5.67.